The third-order valence-corrected chi connectivity index (χ3v) is 5.09. The van der Waals surface area contributed by atoms with Crippen molar-refractivity contribution in [2.24, 2.45) is 0 Å². The van der Waals surface area contributed by atoms with Crippen molar-refractivity contribution in [1.29, 1.82) is 0 Å². The lowest BCUT2D eigenvalue weighted by atomic mass is 10.2. The first-order valence-corrected chi connectivity index (χ1v) is 7.97. The van der Waals surface area contributed by atoms with Crippen LogP contribution in [-0.2, 0) is 14.6 Å². The fraction of sp³-hybridized carbons (Fsp3) is 0.500. The Bertz CT molecular complexity index is 630. The summed E-state index contributed by atoms with van der Waals surface area (Å²) in [5, 5.41) is 0. The predicted molar refractivity (Wildman–Crippen MR) is 75.5 cm³/mol. The van der Waals surface area contributed by atoms with Crippen LogP contribution in [-0.4, -0.2) is 50.6 Å². The second kappa shape index (κ2) is 5.28. The molecular formula is C12H17N3O4S. The van der Waals surface area contributed by atoms with E-state index >= 15 is 0 Å². The number of carbonyl (C=O) groups excluding carboxylic acids is 1. The summed E-state index contributed by atoms with van der Waals surface area (Å²) in [7, 11) is -1.72. The van der Waals surface area contributed by atoms with E-state index in [9.17, 15) is 13.2 Å². The Kier molecular flexibility index (Phi) is 3.85. The fourth-order valence-electron chi connectivity index (χ4n) is 2.24. The van der Waals surface area contributed by atoms with Crippen LogP contribution in [0.1, 0.15) is 17.3 Å². The number of anilines is 2. The maximum atomic E-state index is 11.6. The smallest absolute Gasteiger partial charge is 0.340 e. The lowest BCUT2D eigenvalue weighted by molar-refractivity contribution is 0.0602. The molecule has 0 radical (unpaired) electrons. The Morgan fingerprint density at radius 3 is 2.85 bits per heavy atom. The van der Waals surface area contributed by atoms with Crippen LogP contribution < -0.4 is 10.6 Å². The monoisotopic (exact) mass is 299 g/mol. The number of nitrogen functional groups attached to an aromatic ring is 1. The Balaban J connectivity index is 2.32. The highest BCUT2D eigenvalue weighted by Crippen LogP contribution is 2.23. The molecule has 0 saturated carbocycles. The zero-order valence-electron chi connectivity index (χ0n) is 11.4. The number of hydrogen-bond donors (Lipinski definition) is 1. The summed E-state index contributed by atoms with van der Waals surface area (Å²) in [4.78, 5) is 17.6. The molecule has 1 saturated heterocycles. The normalized spacial score (nSPS) is 21.5. The molecule has 1 fully saturated rings. The molecule has 1 aliphatic heterocycles. The molecular weight excluding hydrogens is 282 g/mol. The highest BCUT2D eigenvalue weighted by Gasteiger charge is 2.29. The Labute approximate surface area is 117 Å². The van der Waals surface area contributed by atoms with Gasteiger partial charge in [0, 0.05) is 12.6 Å². The van der Waals surface area contributed by atoms with Gasteiger partial charge in [0.2, 0.25) is 0 Å². The quantitative estimate of drug-likeness (QED) is 0.771. The number of esters is 1. The highest BCUT2D eigenvalue weighted by atomic mass is 32.2. The maximum absolute atomic E-state index is 11.6. The van der Waals surface area contributed by atoms with Gasteiger partial charge in [-0.25, -0.2) is 18.2 Å². The SMILES string of the molecule is COC(=O)c1cc(N2CCS(=O)(=O)CC2C)ncc1N. The molecule has 1 atom stereocenters. The lowest BCUT2D eigenvalue weighted by Gasteiger charge is -2.34. The van der Waals surface area contributed by atoms with E-state index in [0.717, 1.165) is 0 Å². The second-order valence-electron chi connectivity index (χ2n) is 4.78. The Morgan fingerprint density at radius 1 is 1.55 bits per heavy atom. The predicted octanol–water partition coefficient (Wildman–Crippen LogP) is 0.0737. The van der Waals surface area contributed by atoms with Crippen LogP contribution in [0.4, 0.5) is 11.5 Å². The zero-order valence-corrected chi connectivity index (χ0v) is 12.2. The molecule has 2 N–H and O–H groups in total. The largest absolute Gasteiger partial charge is 0.465 e. The minimum atomic E-state index is -3.00. The second-order valence-corrected chi connectivity index (χ2v) is 7.01. The van der Waals surface area contributed by atoms with Gasteiger partial charge < -0.3 is 15.4 Å². The van der Waals surface area contributed by atoms with Crippen LogP contribution in [0, 0.1) is 0 Å². The van der Waals surface area contributed by atoms with Crippen LogP contribution in [0.3, 0.4) is 0 Å². The third-order valence-electron chi connectivity index (χ3n) is 3.29. The first kappa shape index (κ1) is 14.6. The summed E-state index contributed by atoms with van der Waals surface area (Å²) in [6.45, 7) is 2.16. The molecule has 2 heterocycles. The van der Waals surface area contributed by atoms with Gasteiger partial charge in [0.05, 0.1) is 36.1 Å². The molecule has 0 aromatic carbocycles. The minimum absolute atomic E-state index is 0.0760. The Morgan fingerprint density at radius 2 is 2.25 bits per heavy atom. The summed E-state index contributed by atoms with van der Waals surface area (Å²) >= 11 is 0. The van der Waals surface area contributed by atoms with Crippen molar-refractivity contribution >= 4 is 27.3 Å². The van der Waals surface area contributed by atoms with Gasteiger partial charge in [-0.1, -0.05) is 0 Å². The van der Waals surface area contributed by atoms with E-state index in [2.05, 4.69) is 9.72 Å². The van der Waals surface area contributed by atoms with Crippen molar-refractivity contribution < 1.29 is 17.9 Å². The van der Waals surface area contributed by atoms with Gasteiger partial charge in [-0.05, 0) is 13.0 Å². The average Bonchev–Trinajstić information content (AvgIpc) is 2.38. The van der Waals surface area contributed by atoms with E-state index in [1.165, 1.54) is 19.4 Å². The van der Waals surface area contributed by atoms with Crippen molar-refractivity contribution in [3.8, 4) is 0 Å². The van der Waals surface area contributed by atoms with Gasteiger partial charge in [-0.2, -0.15) is 0 Å². The van der Waals surface area contributed by atoms with Crippen molar-refractivity contribution in [3.63, 3.8) is 0 Å². The summed E-state index contributed by atoms with van der Waals surface area (Å²) in [5.74, 6) is 0.147. The van der Waals surface area contributed by atoms with Crippen LogP contribution in [0.5, 0.6) is 0 Å². The summed E-state index contributed by atoms with van der Waals surface area (Å²) in [6, 6.07) is 1.34. The van der Waals surface area contributed by atoms with Crippen LogP contribution in [0.25, 0.3) is 0 Å². The number of carbonyl (C=O) groups is 1. The molecule has 0 amide bonds. The van der Waals surface area contributed by atoms with Crippen molar-refractivity contribution in [2.75, 3.05) is 35.8 Å². The van der Waals surface area contributed by atoms with Gasteiger partial charge >= 0.3 is 5.97 Å². The van der Waals surface area contributed by atoms with Gasteiger partial charge in [-0.3, -0.25) is 0 Å². The molecule has 7 nitrogen and oxygen atoms in total. The number of ether oxygens (including phenoxy) is 1. The van der Waals surface area contributed by atoms with Gasteiger partial charge in [0.1, 0.15) is 5.82 Å². The molecule has 0 bridgehead atoms. The standard InChI is InChI=1S/C12H17N3O4S/c1-8-7-20(17,18)4-3-15(8)11-5-9(12(16)19-2)10(13)6-14-11/h5-6,8H,3-4,7,13H2,1-2H3. The van der Waals surface area contributed by atoms with Gasteiger partial charge in [0.15, 0.2) is 9.84 Å². The van der Waals surface area contributed by atoms with Crippen molar-refractivity contribution in [2.45, 2.75) is 13.0 Å². The topological polar surface area (TPSA) is 103 Å². The molecule has 8 heteroatoms. The number of pyridine rings is 1. The van der Waals surface area contributed by atoms with E-state index in [4.69, 9.17) is 5.73 Å². The molecule has 110 valence electrons. The van der Waals surface area contributed by atoms with Crippen molar-refractivity contribution in [3.05, 3.63) is 17.8 Å². The van der Waals surface area contributed by atoms with E-state index in [1.54, 1.807) is 0 Å². The average molecular weight is 299 g/mol. The molecule has 1 aromatic heterocycles. The number of nitrogens with zero attached hydrogens (tertiary/aromatic N) is 2. The fourth-order valence-corrected chi connectivity index (χ4v) is 3.79. The van der Waals surface area contributed by atoms with Crippen LogP contribution in [0.15, 0.2) is 12.3 Å². The molecule has 1 unspecified atom stereocenters. The summed E-state index contributed by atoms with van der Waals surface area (Å²) in [6.07, 6.45) is 1.39. The third kappa shape index (κ3) is 2.84. The summed E-state index contributed by atoms with van der Waals surface area (Å²) < 4.78 is 27.8. The molecule has 1 aliphatic rings. The van der Waals surface area contributed by atoms with Crippen molar-refractivity contribution in [1.82, 2.24) is 4.98 Å². The molecule has 0 spiro atoms. The Hall–Kier alpha value is -1.83. The number of rotatable bonds is 2. The molecule has 1 aromatic rings. The van der Waals surface area contributed by atoms with E-state index in [0.29, 0.717) is 12.4 Å². The number of nitrogens with two attached hydrogens (primary N) is 1. The lowest BCUT2D eigenvalue weighted by Crippen LogP contribution is -2.47. The van der Waals surface area contributed by atoms with E-state index < -0.39 is 15.8 Å². The van der Waals surface area contributed by atoms with E-state index in [1.807, 2.05) is 11.8 Å². The zero-order chi connectivity index (χ0) is 14.9. The molecule has 0 aliphatic carbocycles. The summed E-state index contributed by atoms with van der Waals surface area (Å²) in [5.41, 5.74) is 6.16. The molecule has 20 heavy (non-hydrogen) atoms. The van der Waals surface area contributed by atoms with Gasteiger partial charge in [0.25, 0.3) is 0 Å². The highest BCUT2D eigenvalue weighted by molar-refractivity contribution is 7.91. The number of sulfone groups is 1. The minimum Gasteiger partial charge on any atom is -0.465 e. The van der Waals surface area contributed by atoms with Crippen LogP contribution >= 0.6 is 0 Å². The maximum Gasteiger partial charge on any atom is 0.340 e. The first-order chi connectivity index (χ1) is 9.34. The first-order valence-electron chi connectivity index (χ1n) is 6.15. The number of hydrogen-bond acceptors (Lipinski definition) is 7. The molecule has 2 rings (SSSR count). The van der Waals surface area contributed by atoms with Crippen LogP contribution in [0.2, 0.25) is 0 Å². The van der Waals surface area contributed by atoms with E-state index in [-0.39, 0.29) is 28.8 Å². The number of methoxy groups -OCH3 is 1. The van der Waals surface area contributed by atoms with Gasteiger partial charge in [-0.15, -0.1) is 0 Å². The number of aromatic nitrogens is 1.